The molecule has 0 radical (unpaired) electrons. The molecule has 0 aromatic heterocycles. The van der Waals surface area contributed by atoms with Gasteiger partial charge in [-0.1, -0.05) is 12.2 Å². The Morgan fingerprint density at radius 1 is 1.23 bits per heavy atom. The number of ketones is 1. The molecule has 1 heterocycles. The minimum absolute atomic E-state index is 0.0322. The second kappa shape index (κ2) is 6.41. The van der Waals surface area contributed by atoms with Crippen molar-refractivity contribution in [2.24, 2.45) is 17.3 Å². The van der Waals surface area contributed by atoms with Crippen LogP contribution in [0.15, 0.2) is 12.2 Å². The Bertz CT molecular complexity index is 627. The van der Waals surface area contributed by atoms with E-state index in [2.05, 4.69) is 6.58 Å². The molecule has 5 atom stereocenters. The van der Waals surface area contributed by atoms with E-state index in [1.54, 1.807) is 13.8 Å². The van der Waals surface area contributed by atoms with Gasteiger partial charge in [0.15, 0.2) is 11.4 Å². The zero-order chi connectivity index (χ0) is 19.3. The molecule has 7 nitrogen and oxygen atoms in total. The second-order valence-corrected chi connectivity index (χ2v) is 8.14. The number of allylic oxidation sites excluding steroid dienone is 1. The van der Waals surface area contributed by atoms with E-state index in [9.17, 15) is 9.59 Å². The maximum Gasteiger partial charge on any atom is 0.314 e. The predicted molar refractivity (Wildman–Crippen MR) is 91.1 cm³/mol. The zero-order valence-electron chi connectivity index (χ0n) is 16.1. The summed E-state index contributed by atoms with van der Waals surface area (Å²) in [7, 11) is 3.02. The van der Waals surface area contributed by atoms with Crippen molar-refractivity contribution in [2.75, 3.05) is 27.8 Å². The molecule has 1 aliphatic heterocycles. The number of ether oxygens (including phenoxy) is 5. The van der Waals surface area contributed by atoms with Gasteiger partial charge in [-0.3, -0.25) is 9.59 Å². The van der Waals surface area contributed by atoms with Gasteiger partial charge in [0.1, 0.15) is 19.2 Å². The highest BCUT2D eigenvalue weighted by Gasteiger charge is 2.80. The molecule has 3 rings (SSSR count). The van der Waals surface area contributed by atoms with Crippen molar-refractivity contribution in [3.63, 3.8) is 0 Å². The molecule has 2 bridgehead atoms. The van der Waals surface area contributed by atoms with Gasteiger partial charge in [-0.25, -0.2) is 0 Å². The van der Waals surface area contributed by atoms with Crippen molar-refractivity contribution in [3.8, 4) is 0 Å². The third-order valence-electron chi connectivity index (χ3n) is 6.19. The van der Waals surface area contributed by atoms with E-state index in [4.69, 9.17) is 23.7 Å². The van der Waals surface area contributed by atoms with Crippen molar-refractivity contribution in [1.29, 1.82) is 0 Å². The highest BCUT2D eigenvalue weighted by Crippen LogP contribution is 2.67. The van der Waals surface area contributed by atoms with Crippen molar-refractivity contribution >= 4 is 11.8 Å². The van der Waals surface area contributed by atoms with Crippen LogP contribution in [-0.2, 0) is 33.3 Å². The summed E-state index contributed by atoms with van der Waals surface area (Å²) in [6.07, 6.45) is 0.100. The number of methoxy groups -OCH3 is 2. The summed E-state index contributed by atoms with van der Waals surface area (Å²) in [5.74, 6) is -1.34. The van der Waals surface area contributed by atoms with Gasteiger partial charge >= 0.3 is 5.97 Å². The maximum atomic E-state index is 13.6. The Morgan fingerprint density at radius 2 is 1.88 bits per heavy atom. The van der Waals surface area contributed by atoms with Crippen LogP contribution in [0.4, 0.5) is 0 Å². The van der Waals surface area contributed by atoms with Gasteiger partial charge in [-0.15, -0.1) is 0 Å². The van der Waals surface area contributed by atoms with E-state index in [1.165, 1.54) is 14.2 Å². The molecule has 2 saturated carbocycles. The summed E-state index contributed by atoms with van der Waals surface area (Å²) in [5.41, 5.74) is -2.28. The fourth-order valence-electron chi connectivity index (χ4n) is 5.35. The summed E-state index contributed by atoms with van der Waals surface area (Å²) < 4.78 is 27.6. The second-order valence-electron chi connectivity index (χ2n) is 8.14. The molecule has 1 spiro atoms. The fourth-order valence-corrected chi connectivity index (χ4v) is 5.35. The number of fused-ring (bicyclic) bond motifs is 1. The highest BCUT2D eigenvalue weighted by molar-refractivity contribution is 6.03. The van der Waals surface area contributed by atoms with Crippen molar-refractivity contribution in [2.45, 2.75) is 50.9 Å². The van der Waals surface area contributed by atoms with Crippen LogP contribution in [0.3, 0.4) is 0 Å². The predicted octanol–water partition coefficient (Wildman–Crippen LogP) is 1.84. The van der Waals surface area contributed by atoms with Crippen LogP contribution in [0.2, 0.25) is 0 Å². The Kier molecular flexibility index (Phi) is 4.80. The first-order valence-electron chi connectivity index (χ1n) is 8.84. The van der Waals surface area contributed by atoms with Gasteiger partial charge in [0.25, 0.3) is 0 Å². The Hall–Kier alpha value is -1.28. The number of rotatable bonds is 7. The number of hydrogen-bond donors (Lipinski definition) is 0. The molecule has 1 unspecified atom stereocenters. The van der Waals surface area contributed by atoms with Gasteiger partial charge in [0.05, 0.1) is 17.4 Å². The van der Waals surface area contributed by atoms with E-state index in [1.807, 2.05) is 6.92 Å². The lowest BCUT2D eigenvalue weighted by Crippen LogP contribution is -2.56. The number of Topliss-reactive ketones (excluding diaryl/α,β-unsaturated/α-hetero) is 1. The Labute approximate surface area is 153 Å². The normalized spacial score (nSPS) is 40.4. The standard InChI is InChI=1S/C19H28O7/c1-11(2)12-7-13(24-9-22-5)19(25-10-23-6)8-18(12)14(15(19)20)17(3,4)26-16(18)21/h12-14H,1,7-10H2,2-6H3/t12?,13-,14-,18-,19+/m1/s1. The zero-order valence-corrected chi connectivity index (χ0v) is 16.1. The van der Waals surface area contributed by atoms with Crippen LogP contribution >= 0.6 is 0 Å². The number of carbonyl (C=O) groups excluding carboxylic acids is 2. The Balaban J connectivity index is 2.13. The lowest BCUT2D eigenvalue weighted by Gasteiger charge is -2.45. The molecule has 2 aliphatic carbocycles. The van der Waals surface area contributed by atoms with Gasteiger partial charge < -0.3 is 23.7 Å². The molecule has 0 amide bonds. The SMILES string of the molecule is C=C(C)C1C[C@@H](OCOC)[C@@]2(OCOC)C[C@@]13C(=O)OC(C)(C)[C@H]3C2=O. The van der Waals surface area contributed by atoms with E-state index in [0.717, 1.165) is 5.57 Å². The number of hydrogen-bond acceptors (Lipinski definition) is 7. The third-order valence-corrected chi connectivity index (χ3v) is 6.19. The van der Waals surface area contributed by atoms with Gasteiger partial charge in [-0.2, -0.15) is 0 Å². The summed E-state index contributed by atoms with van der Waals surface area (Å²) in [6, 6.07) is 0. The molecule has 1 saturated heterocycles. The topological polar surface area (TPSA) is 80.3 Å². The minimum atomic E-state index is -1.25. The first-order valence-corrected chi connectivity index (χ1v) is 8.84. The molecule has 3 aliphatic rings. The highest BCUT2D eigenvalue weighted by atomic mass is 16.7. The number of esters is 1. The molecular formula is C19H28O7. The summed E-state index contributed by atoms with van der Waals surface area (Å²) in [6.45, 7) is 9.51. The molecule has 7 heteroatoms. The molecule has 0 aromatic rings. The molecule has 0 aromatic carbocycles. The van der Waals surface area contributed by atoms with Crippen molar-refractivity contribution < 1.29 is 33.3 Å². The van der Waals surface area contributed by atoms with Crippen LogP contribution in [0.25, 0.3) is 0 Å². The van der Waals surface area contributed by atoms with Crippen LogP contribution < -0.4 is 0 Å². The summed E-state index contributed by atoms with van der Waals surface area (Å²) in [5, 5.41) is 0. The van der Waals surface area contributed by atoms with E-state index in [0.29, 0.717) is 6.42 Å². The third kappa shape index (κ3) is 2.41. The molecule has 26 heavy (non-hydrogen) atoms. The maximum absolute atomic E-state index is 13.6. The van der Waals surface area contributed by atoms with E-state index < -0.39 is 28.6 Å². The average molecular weight is 368 g/mol. The number of cyclic esters (lactones) is 1. The van der Waals surface area contributed by atoms with Crippen molar-refractivity contribution in [1.82, 2.24) is 0 Å². The van der Waals surface area contributed by atoms with Crippen LogP contribution in [0.1, 0.15) is 33.6 Å². The lowest BCUT2D eigenvalue weighted by atomic mass is 9.60. The average Bonchev–Trinajstić information content (AvgIpc) is 2.90. The molecule has 0 N–H and O–H groups in total. The monoisotopic (exact) mass is 368 g/mol. The van der Waals surface area contributed by atoms with Crippen LogP contribution in [0.5, 0.6) is 0 Å². The van der Waals surface area contributed by atoms with E-state index >= 15 is 0 Å². The largest absolute Gasteiger partial charge is 0.458 e. The van der Waals surface area contributed by atoms with Gasteiger partial charge in [0, 0.05) is 20.6 Å². The lowest BCUT2D eigenvalue weighted by molar-refractivity contribution is -0.224. The first-order chi connectivity index (χ1) is 12.2. The van der Waals surface area contributed by atoms with Crippen LogP contribution in [-0.4, -0.2) is 56.9 Å². The molecule has 146 valence electrons. The smallest absolute Gasteiger partial charge is 0.314 e. The Morgan fingerprint density at radius 3 is 2.46 bits per heavy atom. The molecular weight excluding hydrogens is 340 g/mol. The minimum Gasteiger partial charge on any atom is -0.458 e. The quantitative estimate of drug-likeness (QED) is 0.385. The number of carbonyl (C=O) groups is 2. The van der Waals surface area contributed by atoms with Crippen molar-refractivity contribution in [3.05, 3.63) is 12.2 Å². The van der Waals surface area contributed by atoms with E-state index in [-0.39, 0.29) is 37.7 Å². The fraction of sp³-hybridized carbons (Fsp3) is 0.789. The first kappa shape index (κ1) is 19.5. The summed E-state index contributed by atoms with van der Waals surface area (Å²) in [4.78, 5) is 26.7. The molecule has 3 fully saturated rings. The van der Waals surface area contributed by atoms with Gasteiger partial charge in [0.2, 0.25) is 0 Å². The summed E-state index contributed by atoms with van der Waals surface area (Å²) >= 11 is 0. The van der Waals surface area contributed by atoms with Gasteiger partial charge in [-0.05, 0) is 33.1 Å². The van der Waals surface area contributed by atoms with Crippen LogP contribution in [0, 0.1) is 17.3 Å².